The van der Waals surface area contributed by atoms with E-state index in [1.54, 1.807) is 18.3 Å². The first-order valence-electron chi connectivity index (χ1n) is 6.38. The monoisotopic (exact) mass is 278 g/mol. The van der Waals surface area contributed by atoms with E-state index in [2.05, 4.69) is 20.5 Å². The first kappa shape index (κ1) is 14.3. The van der Waals surface area contributed by atoms with Gasteiger partial charge in [-0.2, -0.15) is 0 Å². The summed E-state index contributed by atoms with van der Waals surface area (Å²) in [6.07, 6.45) is 0.479. The fourth-order valence-electron chi connectivity index (χ4n) is 2.14. The molecule has 2 amide bonds. The van der Waals surface area contributed by atoms with Crippen molar-refractivity contribution in [3.05, 3.63) is 23.9 Å². The van der Waals surface area contributed by atoms with E-state index in [0.29, 0.717) is 13.1 Å². The van der Waals surface area contributed by atoms with Gasteiger partial charge < -0.3 is 10.4 Å². The molecule has 1 aliphatic heterocycles. The van der Waals surface area contributed by atoms with Gasteiger partial charge in [-0.15, -0.1) is 0 Å². The van der Waals surface area contributed by atoms with Crippen molar-refractivity contribution in [1.82, 2.24) is 15.2 Å². The van der Waals surface area contributed by atoms with Crippen molar-refractivity contribution in [3.63, 3.8) is 0 Å². The number of nitrogens with zero attached hydrogens (tertiary/aromatic N) is 2. The predicted octanol–water partition coefficient (Wildman–Crippen LogP) is 0.882. The van der Waals surface area contributed by atoms with Gasteiger partial charge >= 0.3 is 6.09 Å². The summed E-state index contributed by atoms with van der Waals surface area (Å²) < 4.78 is 0. The summed E-state index contributed by atoms with van der Waals surface area (Å²) in [4.78, 5) is 28.4. The molecule has 3 N–H and O–H groups in total. The van der Waals surface area contributed by atoms with Gasteiger partial charge in [-0.3, -0.25) is 15.0 Å². The number of amides is 2. The lowest BCUT2D eigenvalue weighted by molar-refractivity contribution is -0.135. The van der Waals surface area contributed by atoms with Crippen LogP contribution in [0.2, 0.25) is 0 Å². The van der Waals surface area contributed by atoms with Gasteiger partial charge in [-0.1, -0.05) is 6.07 Å². The number of rotatable bonds is 3. The summed E-state index contributed by atoms with van der Waals surface area (Å²) in [5.41, 5.74) is 0.375. The van der Waals surface area contributed by atoms with Crippen molar-refractivity contribution < 1.29 is 14.7 Å². The molecule has 1 fully saturated rings. The van der Waals surface area contributed by atoms with Gasteiger partial charge in [-0.25, -0.2) is 9.78 Å². The van der Waals surface area contributed by atoms with Crippen LogP contribution in [0.25, 0.3) is 0 Å². The molecule has 0 aliphatic carbocycles. The number of carbonyl (C=O) groups is 2. The van der Waals surface area contributed by atoms with Crippen molar-refractivity contribution in [2.75, 3.05) is 18.4 Å². The highest BCUT2D eigenvalue weighted by atomic mass is 16.4. The molecule has 7 nitrogen and oxygen atoms in total. The average Bonchev–Trinajstić information content (AvgIpc) is 2.37. The van der Waals surface area contributed by atoms with Crippen LogP contribution in [0.3, 0.4) is 0 Å². The van der Waals surface area contributed by atoms with Crippen LogP contribution in [0.4, 0.5) is 10.6 Å². The highest BCUT2D eigenvalue weighted by Gasteiger charge is 2.37. The Balaban J connectivity index is 2.06. The molecule has 0 unspecified atom stereocenters. The Morgan fingerprint density at radius 1 is 1.55 bits per heavy atom. The summed E-state index contributed by atoms with van der Waals surface area (Å²) in [5.74, 6) is 0.303. The molecule has 0 radical (unpaired) electrons. The van der Waals surface area contributed by atoms with E-state index >= 15 is 0 Å². The van der Waals surface area contributed by atoms with Crippen molar-refractivity contribution in [2.24, 2.45) is 0 Å². The number of hydrogen-bond donors (Lipinski definition) is 3. The first-order chi connectivity index (χ1) is 9.39. The second-order valence-corrected chi connectivity index (χ2v) is 5.22. The molecule has 1 aromatic heterocycles. The van der Waals surface area contributed by atoms with Gasteiger partial charge in [0.2, 0.25) is 5.91 Å². The lowest BCUT2D eigenvalue weighted by Crippen LogP contribution is -2.61. The molecule has 1 saturated heterocycles. The summed E-state index contributed by atoms with van der Waals surface area (Å²) >= 11 is 0. The van der Waals surface area contributed by atoms with Gasteiger partial charge in [0.25, 0.3) is 0 Å². The molecular formula is C13H18N4O3. The summed E-state index contributed by atoms with van der Waals surface area (Å²) in [6, 6.07) is 3.42. The highest BCUT2D eigenvalue weighted by molar-refractivity contribution is 5.86. The van der Waals surface area contributed by atoms with Crippen LogP contribution in [0, 0.1) is 0 Å². The molecule has 108 valence electrons. The van der Waals surface area contributed by atoms with Gasteiger partial charge in [-0.05, 0) is 25.5 Å². The Morgan fingerprint density at radius 2 is 2.30 bits per heavy atom. The molecule has 20 heavy (non-hydrogen) atoms. The average molecular weight is 278 g/mol. The van der Waals surface area contributed by atoms with E-state index in [4.69, 9.17) is 5.11 Å². The van der Waals surface area contributed by atoms with E-state index in [-0.39, 0.29) is 11.7 Å². The molecule has 0 saturated carbocycles. The zero-order valence-electron chi connectivity index (χ0n) is 11.5. The van der Waals surface area contributed by atoms with Crippen molar-refractivity contribution in [2.45, 2.75) is 25.9 Å². The summed E-state index contributed by atoms with van der Waals surface area (Å²) in [7, 11) is 0. The largest absolute Gasteiger partial charge is 0.465 e. The molecular weight excluding hydrogens is 260 g/mol. The van der Waals surface area contributed by atoms with Crippen LogP contribution in [-0.4, -0.2) is 45.6 Å². The topological polar surface area (TPSA) is 94.6 Å². The van der Waals surface area contributed by atoms with Gasteiger partial charge in [0.15, 0.2) is 0 Å². The smallest absolute Gasteiger partial charge is 0.410 e. The molecule has 2 heterocycles. The van der Waals surface area contributed by atoms with Crippen LogP contribution in [0.5, 0.6) is 0 Å². The van der Waals surface area contributed by atoms with Gasteiger partial charge in [0.1, 0.15) is 5.82 Å². The number of piperazine rings is 1. The van der Waals surface area contributed by atoms with Crippen LogP contribution in [-0.2, 0) is 11.3 Å². The van der Waals surface area contributed by atoms with E-state index in [0.717, 1.165) is 12.1 Å². The third kappa shape index (κ3) is 3.05. The fourth-order valence-corrected chi connectivity index (χ4v) is 2.14. The van der Waals surface area contributed by atoms with Crippen LogP contribution in [0.1, 0.15) is 19.4 Å². The van der Waals surface area contributed by atoms with Crippen molar-refractivity contribution in [3.8, 4) is 0 Å². The quantitative estimate of drug-likeness (QED) is 0.763. The number of hydrogen-bond acceptors (Lipinski definition) is 4. The Hall–Kier alpha value is -2.15. The van der Waals surface area contributed by atoms with E-state index in [1.807, 2.05) is 13.8 Å². The van der Waals surface area contributed by atoms with E-state index in [9.17, 15) is 9.59 Å². The van der Waals surface area contributed by atoms with Crippen LogP contribution in [0.15, 0.2) is 18.3 Å². The minimum atomic E-state index is -1.14. The Kier molecular flexibility index (Phi) is 3.89. The lowest BCUT2D eigenvalue weighted by atomic mass is 9.98. The highest BCUT2D eigenvalue weighted by Crippen LogP contribution is 2.20. The molecule has 1 aromatic rings. The maximum atomic E-state index is 11.8. The second kappa shape index (κ2) is 5.46. The third-order valence-electron chi connectivity index (χ3n) is 3.45. The standard InChI is InChI=1S/C13H18N4O3/c1-13(2)11(18)14-5-6-17(13)8-9-3-4-10(15-7-9)16-12(19)20/h3-4,7H,5-6,8H2,1-2H3,(H,14,18)(H,15,16)(H,19,20). The van der Waals surface area contributed by atoms with E-state index < -0.39 is 11.6 Å². The predicted molar refractivity (Wildman–Crippen MR) is 73.4 cm³/mol. The Bertz CT molecular complexity index is 513. The minimum absolute atomic E-state index is 0.0147. The molecule has 0 atom stereocenters. The molecule has 1 aliphatic rings. The number of nitrogens with one attached hydrogen (secondary N) is 2. The molecule has 0 spiro atoms. The van der Waals surface area contributed by atoms with Gasteiger partial charge in [0, 0.05) is 25.8 Å². The normalized spacial score (nSPS) is 18.4. The Labute approximate surface area is 117 Å². The Morgan fingerprint density at radius 3 is 2.90 bits per heavy atom. The van der Waals surface area contributed by atoms with Crippen LogP contribution >= 0.6 is 0 Å². The summed E-state index contributed by atoms with van der Waals surface area (Å²) in [6.45, 7) is 5.77. The minimum Gasteiger partial charge on any atom is -0.465 e. The molecule has 0 bridgehead atoms. The molecule has 2 rings (SSSR count). The van der Waals surface area contributed by atoms with Crippen molar-refractivity contribution in [1.29, 1.82) is 0 Å². The van der Waals surface area contributed by atoms with Crippen molar-refractivity contribution >= 4 is 17.8 Å². The second-order valence-electron chi connectivity index (χ2n) is 5.22. The number of carboxylic acid groups (broad SMARTS) is 1. The number of carbonyl (C=O) groups excluding carboxylic acids is 1. The molecule has 7 heteroatoms. The zero-order valence-corrected chi connectivity index (χ0v) is 11.5. The molecule has 0 aromatic carbocycles. The maximum Gasteiger partial charge on any atom is 0.410 e. The van der Waals surface area contributed by atoms with E-state index in [1.165, 1.54) is 0 Å². The first-order valence-corrected chi connectivity index (χ1v) is 6.38. The number of anilines is 1. The van der Waals surface area contributed by atoms with Gasteiger partial charge in [0.05, 0.1) is 5.54 Å². The number of pyridine rings is 1. The van der Waals surface area contributed by atoms with Crippen LogP contribution < -0.4 is 10.6 Å². The SMILES string of the molecule is CC1(C)C(=O)NCCN1Cc1ccc(NC(=O)O)nc1. The fraction of sp³-hybridized carbons (Fsp3) is 0.462. The third-order valence-corrected chi connectivity index (χ3v) is 3.45. The lowest BCUT2D eigenvalue weighted by Gasteiger charge is -2.41. The maximum absolute atomic E-state index is 11.8. The number of aromatic nitrogens is 1. The summed E-state index contributed by atoms with van der Waals surface area (Å²) in [5, 5.41) is 13.6. The zero-order chi connectivity index (χ0) is 14.8.